The van der Waals surface area contributed by atoms with Crippen molar-refractivity contribution in [2.75, 3.05) is 16.8 Å². The Labute approximate surface area is 156 Å². The minimum absolute atomic E-state index is 0.108. The number of carboxylic acid groups (broad SMARTS) is 1. The molecule has 1 atom stereocenters. The molecule has 2 amide bonds. The summed E-state index contributed by atoms with van der Waals surface area (Å²) in [6.07, 6.45) is 0.106. The number of ether oxygens (including phenoxy) is 1. The Morgan fingerprint density at radius 2 is 1.85 bits per heavy atom. The lowest BCUT2D eigenvalue weighted by Gasteiger charge is -2.33. The highest BCUT2D eigenvalue weighted by molar-refractivity contribution is 6.01. The lowest BCUT2D eigenvalue weighted by atomic mass is 10.1. The summed E-state index contributed by atoms with van der Waals surface area (Å²) in [6, 6.07) is 13.2. The number of hydrogen-bond acceptors (Lipinski definition) is 4. The van der Waals surface area contributed by atoms with Crippen molar-refractivity contribution in [1.82, 2.24) is 0 Å². The molecule has 1 aliphatic heterocycles. The van der Waals surface area contributed by atoms with Crippen molar-refractivity contribution in [1.29, 1.82) is 0 Å². The molecule has 7 nitrogen and oxygen atoms in total. The number of carbonyl (C=O) groups is 3. The number of carboxylic acids is 1. The van der Waals surface area contributed by atoms with Gasteiger partial charge in [-0.25, -0.2) is 4.79 Å². The molecule has 27 heavy (non-hydrogen) atoms. The average Bonchev–Trinajstić information content (AvgIpc) is 2.67. The molecule has 0 bridgehead atoms. The number of nitrogens with one attached hydrogen (secondary N) is 1. The molecule has 0 spiro atoms. The second-order valence-electron chi connectivity index (χ2n) is 6.15. The van der Waals surface area contributed by atoms with Crippen molar-refractivity contribution >= 4 is 29.2 Å². The molecule has 2 aromatic rings. The Kier molecular flexibility index (Phi) is 5.40. The number of fused-ring (bicyclic) bond motifs is 1. The highest BCUT2D eigenvalue weighted by Crippen LogP contribution is 2.34. The summed E-state index contributed by atoms with van der Waals surface area (Å²) in [6.45, 7) is 2.11. The second kappa shape index (κ2) is 7.90. The maximum Gasteiger partial charge on any atom is 0.335 e. The van der Waals surface area contributed by atoms with E-state index in [-0.39, 0.29) is 30.3 Å². The van der Waals surface area contributed by atoms with Crippen LogP contribution in [0.25, 0.3) is 0 Å². The summed E-state index contributed by atoms with van der Waals surface area (Å²) in [5.41, 5.74) is 1.31. The molecule has 0 aliphatic carbocycles. The predicted octanol–water partition coefficient (Wildman–Crippen LogP) is 2.92. The molecule has 140 valence electrons. The number of anilines is 2. The van der Waals surface area contributed by atoms with Crippen molar-refractivity contribution in [3.8, 4) is 5.75 Å². The van der Waals surface area contributed by atoms with Crippen molar-refractivity contribution in [2.45, 2.75) is 25.9 Å². The van der Waals surface area contributed by atoms with Gasteiger partial charge >= 0.3 is 5.97 Å². The van der Waals surface area contributed by atoms with Crippen molar-refractivity contribution in [2.24, 2.45) is 0 Å². The van der Waals surface area contributed by atoms with Gasteiger partial charge in [0.1, 0.15) is 5.75 Å². The minimum Gasteiger partial charge on any atom is -0.478 e. The van der Waals surface area contributed by atoms with Crippen LogP contribution in [0.15, 0.2) is 48.5 Å². The average molecular weight is 368 g/mol. The molecule has 3 rings (SSSR count). The number of benzene rings is 2. The van der Waals surface area contributed by atoms with Gasteiger partial charge in [-0.2, -0.15) is 0 Å². The van der Waals surface area contributed by atoms with Gasteiger partial charge in [0.15, 0.2) is 6.10 Å². The monoisotopic (exact) mass is 368 g/mol. The third-order valence-electron chi connectivity index (χ3n) is 4.32. The Balaban J connectivity index is 1.65. The highest BCUT2D eigenvalue weighted by Gasteiger charge is 2.33. The van der Waals surface area contributed by atoms with E-state index in [0.717, 1.165) is 0 Å². The first-order valence-corrected chi connectivity index (χ1v) is 8.70. The topological polar surface area (TPSA) is 95.9 Å². The fraction of sp³-hybridized carbons (Fsp3) is 0.250. The number of carbonyl (C=O) groups excluding carboxylic acids is 2. The molecule has 1 unspecified atom stereocenters. The Bertz CT molecular complexity index is 863. The molecular weight excluding hydrogens is 348 g/mol. The van der Waals surface area contributed by atoms with E-state index in [1.54, 1.807) is 11.0 Å². The van der Waals surface area contributed by atoms with Crippen LogP contribution >= 0.6 is 0 Å². The van der Waals surface area contributed by atoms with Gasteiger partial charge in [-0.3, -0.25) is 9.59 Å². The number of nitrogens with zero attached hydrogens (tertiary/aromatic N) is 1. The Morgan fingerprint density at radius 3 is 2.52 bits per heavy atom. The molecule has 0 fully saturated rings. The smallest absolute Gasteiger partial charge is 0.335 e. The molecule has 0 saturated carbocycles. The van der Waals surface area contributed by atoms with Gasteiger partial charge < -0.3 is 20.1 Å². The van der Waals surface area contributed by atoms with Gasteiger partial charge in [0.05, 0.1) is 11.3 Å². The van der Waals surface area contributed by atoms with Crippen LogP contribution in [0.1, 0.15) is 30.1 Å². The zero-order chi connectivity index (χ0) is 19.4. The maximum absolute atomic E-state index is 12.6. The summed E-state index contributed by atoms with van der Waals surface area (Å²) < 4.78 is 5.72. The number of aromatic carboxylic acids is 1. The molecule has 1 aliphatic rings. The number of hydrogen-bond donors (Lipinski definition) is 2. The van der Waals surface area contributed by atoms with Crippen LogP contribution in [0.4, 0.5) is 11.4 Å². The quantitative estimate of drug-likeness (QED) is 0.817. The largest absolute Gasteiger partial charge is 0.478 e. The Hall–Kier alpha value is -3.35. The van der Waals surface area contributed by atoms with Gasteiger partial charge in [-0.15, -0.1) is 0 Å². The van der Waals surface area contributed by atoms with E-state index >= 15 is 0 Å². The SMILES string of the molecule is CCC1Oc2ccccc2N(CCC(=O)Nc2ccc(C(=O)O)cc2)C1=O. The van der Waals surface area contributed by atoms with Crippen LogP contribution in [0.5, 0.6) is 5.75 Å². The lowest BCUT2D eigenvalue weighted by Crippen LogP contribution is -2.46. The lowest BCUT2D eigenvalue weighted by molar-refractivity contribution is -0.126. The summed E-state index contributed by atoms with van der Waals surface area (Å²) in [5.74, 6) is -0.811. The molecule has 0 saturated heterocycles. The van der Waals surface area contributed by atoms with Gasteiger partial charge in [-0.05, 0) is 42.8 Å². The van der Waals surface area contributed by atoms with Crippen LogP contribution in [0.3, 0.4) is 0 Å². The molecular formula is C20H20N2O5. The zero-order valence-corrected chi connectivity index (χ0v) is 14.8. The van der Waals surface area contributed by atoms with Gasteiger partial charge in [0.2, 0.25) is 5.91 Å². The van der Waals surface area contributed by atoms with Crippen LogP contribution in [0, 0.1) is 0 Å². The van der Waals surface area contributed by atoms with E-state index in [4.69, 9.17) is 9.84 Å². The predicted molar refractivity (Wildman–Crippen MR) is 100 cm³/mol. The molecule has 2 N–H and O–H groups in total. The summed E-state index contributed by atoms with van der Waals surface area (Å²) in [4.78, 5) is 37.3. The summed E-state index contributed by atoms with van der Waals surface area (Å²) >= 11 is 0. The minimum atomic E-state index is -1.03. The van der Waals surface area contributed by atoms with Crippen molar-refractivity contribution in [3.05, 3.63) is 54.1 Å². The van der Waals surface area contributed by atoms with Crippen LogP contribution in [-0.2, 0) is 9.59 Å². The number of amides is 2. The van der Waals surface area contributed by atoms with Crippen molar-refractivity contribution in [3.63, 3.8) is 0 Å². The molecule has 7 heteroatoms. The first kappa shape index (κ1) is 18.4. The van der Waals surface area contributed by atoms with Gasteiger partial charge in [0.25, 0.3) is 5.91 Å². The molecule has 0 radical (unpaired) electrons. The molecule has 1 heterocycles. The zero-order valence-electron chi connectivity index (χ0n) is 14.8. The van der Waals surface area contributed by atoms with Crippen molar-refractivity contribution < 1.29 is 24.2 Å². The third kappa shape index (κ3) is 4.08. The standard InChI is InChI=1S/C20H20N2O5/c1-2-16-19(24)22(15-5-3-4-6-17(15)27-16)12-11-18(23)21-14-9-7-13(8-10-14)20(25)26/h3-10,16H,2,11-12H2,1H3,(H,21,23)(H,25,26). The van der Waals surface area contributed by atoms with E-state index in [1.165, 1.54) is 24.3 Å². The van der Waals surface area contributed by atoms with Gasteiger partial charge in [0, 0.05) is 18.7 Å². The van der Waals surface area contributed by atoms with E-state index < -0.39 is 12.1 Å². The van der Waals surface area contributed by atoms with Crippen LogP contribution in [-0.4, -0.2) is 35.5 Å². The fourth-order valence-electron chi connectivity index (χ4n) is 2.90. The number of para-hydroxylation sites is 2. The van der Waals surface area contributed by atoms with Crippen LogP contribution in [0.2, 0.25) is 0 Å². The third-order valence-corrected chi connectivity index (χ3v) is 4.32. The van der Waals surface area contributed by atoms with E-state index in [9.17, 15) is 14.4 Å². The van der Waals surface area contributed by atoms with E-state index in [1.807, 2.05) is 25.1 Å². The highest BCUT2D eigenvalue weighted by atomic mass is 16.5. The van der Waals surface area contributed by atoms with Gasteiger partial charge in [-0.1, -0.05) is 19.1 Å². The first-order valence-electron chi connectivity index (χ1n) is 8.70. The summed E-state index contributed by atoms with van der Waals surface area (Å²) in [5, 5.41) is 11.6. The molecule has 2 aromatic carbocycles. The fourth-order valence-corrected chi connectivity index (χ4v) is 2.90. The van der Waals surface area contributed by atoms with Crippen LogP contribution < -0.4 is 15.0 Å². The van der Waals surface area contributed by atoms with E-state index in [2.05, 4.69) is 5.32 Å². The number of rotatable bonds is 6. The normalized spacial score (nSPS) is 15.7. The molecule has 0 aromatic heterocycles. The first-order chi connectivity index (χ1) is 13.0. The second-order valence-corrected chi connectivity index (χ2v) is 6.15. The van der Waals surface area contributed by atoms with E-state index in [0.29, 0.717) is 23.5 Å². The summed E-state index contributed by atoms with van der Waals surface area (Å²) in [7, 11) is 0. The maximum atomic E-state index is 12.6. The Morgan fingerprint density at radius 1 is 1.15 bits per heavy atom.